The van der Waals surface area contributed by atoms with Crippen molar-refractivity contribution in [1.29, 1.82) is 0 Å². The lowest BCUT2D eigenvalue weighted by Gasteiger charge is -2.21. The van der Waals surface area contributed by atoms with Crippen molar-refractivity contribution in [2.24, 2.45) is 0 Å². The fraction of sp³-hybridized carbons (Fsp3) is 0.211. The normalized spacial score (nSPS) is 11.0. The molecule has 0 atom stereocenters. The SMILES string of the molecule is COCCN(Cc1ccccc1)C(=O)/C=C/c1cccc(Cl)c1Cl. The molecule has 2 aromatic carbocycles. The van der Waals surface area contributed by atoms with E-state index in [1.165, 1.54) is 6.08 Å². The van der Waals surface area contributed by atoms with E-state index in [-0.39, 0.29) is 5.91 Å². The Morgan fingerprint density at radius 1 is 1.12 bits per heavy atom. The van der Waals surface area contributed by atoms with Crippen LogP contribution in [0.5, 0.6) is 0 Å². The summed E-state index contributed by atoms with van der Waals surface area (Å²) in [5.41, 5.74) is 1.78. The first-order chi connectivity index (χ1) is 11.6. The van der Waals surface area contributed by atoms with Gasteiger partial charge < -0.3 is 9.64 Å². The number of amides is 1. The van der Waals surface area contributed by atoms with Crippen molar-refractivity contribution >= 4 is 35.2 Å². The van der Waals surface area contributed by atoms with Crippen LogP contribution in [0.2, 0.25) is 10.0 Å². The van der Waals surface area contributed by atoms with Gasteiger partial charge in [-0.15, -0.1) is 0 Å². The molecule has 0 bridgehead atoms. The highest BCUT2D eigenvalue weighted by Gasteiger charge is 2.11. The molecule has 0 radical (unpaired) electrons. The Hall–Kier alpha value is -1.81. The van der Waals surface area contributed by atoms with Gasteiger partial charge in [-0.2, -0.15) is 0 Å². The summed E-state index contributed by atoms with van der Waals surface area (Å²) in [4.78, 5) is 14.3. The molecule has 0 unspecified atom stereocenters. The fourth-order valence-corrected chi connectivity index (χ4v) is 2.56. The molecular formula is C19H19Cl2NO2. The van der Waals surface area contributed by atoms with Crippen LogP contribution in [0.15, 0.2) is 54.6 Å². The minimum absolute atomic E-state index is 0.105. The highest BCUT2D eigenvalue weighted by Crippen LogP contribution is 2.26. The van der Waals surface area contributed by atoms with E-state index >= 15 is 0 Å². The van der Waals surface area contributed by atoms with Crippen LogP contribution in [0.25, 0.3) is 6.08 Å². The lowest BCUT2D eigenvalue weighted by atomic mass is 10.2. The molecule has 5 heteroatoms. The van der Waals surface area contributed by atoms with E-state index in [2.05, 4.69) is 0 Å². The Kier molecular flexibility index (Phi) is 7.32. The van der Waals surface area contributed by atoms with Crippen molar-refractivity contribution in [2.45, 2.75) is 6.54 Å². The van der Waals surface area contributed by atoms with E-state index in [0.717, 1.165) is 5.56 Å². The molecule has 24 heavy (non-hydrogen) atoms. The average Bonchev–Trinajstić information content (AvgIpc) is 2.60. The Morgan fingerprint density at radius 3 is 2.58 bits per heavy atom. The number of hydrogen-bond acceptors (Lipinski definition) is 2. The Bertz CT molecular complexity index is 702. The zero-order chi connectivity index (χ0) is 17.4. The zero-order valence-corrected chi connectivity index (χ0v) is 14.9. The molecule has 0 fully saturated rings. The van der Waals surface area contributed by atoms with Crippen LogP contribution in [-0.4, -0.2) is 31.1 Å². The fourth-order valence-electron chi connectivity index (χ4n) is 2.19. The van der Waals surface area contributed by atoms with Gasteiger partial charge in [0.1, 0.15) is 0 Å². The van der Waals surface area contributed by atoms with Crippen molar-refractivity contribution in [1.82, 2.24) is 4.90 Å². The van der Waals surface area contributed by atoms with Crippen molar-refractivity contribution in [3.8, 4) is 0 Å². The largest absolute Gasteiger partial charge is 0.383 e. The number of ether oxygens (including phenoxy) is 1. The van der Waals surface area contributed by atoms with E-state index < -0.39 is 0 Å². The maximum absolute atomic E-state index is 12.5. The molecule has 0 aliphatic carbocycles. The van der Waals surface area contributed by atoms with Gasteiger partial charge in [0.05, 0.1) is 16.7 Å². The summed E-state index contributed by atoms with van der Waals surface area (Å²) in [5, 5.41) is 0.904. The van der Waals surface area contributed by atoms with Gasteiger partial charge in [-0.05, 0) is 23.3 Å². The van der Waals surface area contributed by atoms with Gasteiger partial charge in [-0.1, -0.05) is 65.7 Å². The molecule has 2 rings (SSSR count). The second-order valence-corrected chi connectivity index (χ2v) is 6.00. The third kappa shape index (κ3) is 5.38. The summed E-state index contributed by atoms with van der Waals surface area (Å²) in [5.74, 6) is -0.105. The topological polar surface area (TPSA) is 29.5 Å². The Morgan fingerprint density at radius 2 is 1.88 bits per heavy atom. The average molecular weight is 364 g/mol. The van der Waals surface area contributed by atoms with Crippen LogP contribution in [0.1, 0.15) is 11.1 Å². The minimum Gasteiger partial charge on any atom is -0.383 e. The van der Waals surface area contributed by atoms with Gasteiger partial charge in [0.2, 0.25) is 5.91 Å². The number of halogens is 2. The summed E-state index contributed by atoms with van der Waals surface area (Å²) in [6.07, 6.45) is 3.19. The van der Waals surface area contributed by atoms with Gasteiger partial charge in [-0.3, -0.25) is 4.79 Å². The smallest absolute Gasteiger partial charge is 0.246 e. The predicted molar refractivity (Wildman–Crippen MR) is 99.2 cm³/mol. The molecule has 3 nitrogen and oxygen atoms in total. The molecule has 0 aromatic heterocycles. The third-order valence-corrected chi connectivity index (χ3v) is 4.31. The summed E-state index contributed by atoms with van der Waals surface area (Å²) < 4.78 is 5.10. The van der Waals surface area contributed by atoms with E-state index in [9.17, 15) is 4.79 Å². The summed E-state index contributed by atoms with van der Waals surface area (Å²) >= 11 is 12.1. The number of methoxy groups -OCH3 is 1. The lowest BCUT2D eigenvalue weighted by molar-refractivity contribution is -0.127. The van der Waals surface area contributed by atoms with E-state index in [1.54, 1.807) is 30.2 Å². The molecule has 126 valence electrons. The summed E-state index contributed by atoms with van der Waals surface area (Å²) in [7, 11) is 1.62. The highest BCUT2D eigenvalue weighted by atomic mass is 35.5. The van der Waals surface area contributed by atoms with Gasteiger partial charge in [0.25, 0.3) is 0 Å². The van der Waals surface area contributed by atoms with Crippen molar-refractivity contribution in [3.63, 3.8) is 0 Å². The van der Waals surface area contributed by atoms with Gasteiger partial charge in [0, 0.05) is 26.3 Å². The van der Waals surface area contributed by atoms with Gasteiger partial charge in [0.15, 0.2) is 0 Å². The first-order valence-corrected chi connectivity index (χ1v) is 8.31. The van der Waals surface area contributed by atoms with Crippen LogP contribution in [-0.2, 0) is 16.1 Å². The van der Waals surface area contributed by atoms with E-state index in [4.69, 9.17) is 27.9 Å². The van der Waals surface area contributed by atoms with Crippen molar-refractivity contribution in [3.05, 3.63) is 75.8 Å². The van der Waals surface area contributed by atoms with Crippen molar-refractivity contribution < 1.29 is 9.53 Å². The first kappa shape index (κ1) is 18.5. The number of rotatable bonds is 7. The standard InChI is InChI=1S/C19H19Cl2NO2/c1-24-13-12-22(14-15-6-3-2-4-7-15)18(23)11-10-16-8-5-9-17(20)19(16)21/h2-11H,12-14H2,1H3/b11-10+. The van der Waals surface area contributed by atoms with Crippen molar-refractivity contribution in [2.75, 3.05) is 20.3 Å². The molecule has 0 aliphatic heterocycles. The Balaban J connectivity index is 2.12. The molecule has 1 amide bonds. The molecule has 0 heterocycles. The minimum atomic E-state index is -0.105. The lowest BCUT2D eigenvalue weighted by Crippen LogP contribution is -2.32. The molecule has 2 aromatic rings. The van der Waals surface area contributed by atoms with Crippen LogP contribution >= 0.6 is 23.2 Å². The number of benzene rings is 2. The molecule has 0 N–H and O–H groups in total. The third-order valence-electron chi connectivity index (χ3n) is 3.48. The number of hydrogen-bond donors (Lipinski definition) is 0. The second kappa shape index (κ2) is 9.48. The first-order valence-electron chi connectivity index (χ1n) is 7.55. The van der Waals surface area contributed by atoms with E-state index in [0.29, 0.717) is 35.3 Å². The molecule has 0 saturated heterocycles. The van der Waals surface area contributed by atoms with Crippen LogP contribution in [0.3, 0.4) is 0 Å². The van der Waals surface area contributed by atoms with Crippen LogP contribution < -0.4 is 0 Å². The molecule has 0 saturated carbocycles. The Labute approximate surface area is 152 Å². The predicted octanol–water partition coefficient (Wildman–Crippen LogP) is 4.68. The second-order valence-electron chi connectivity index (χ2n) is 5.21. The molecular weight excluding hydrogens is 345 g/mol. The summed E-state index contributed by atoms with van der Waals surface area (Å²) in [6, 6.07) is 15.2. The van der Waals surface area contributed by atoms with E-state index in [1.807, 2.05) is 36.4 Å². The number of carbonyl (C=O) groups excluding carboxylic acids is 1. The number of carbonyl (C=O) groups is 1. The molecule has 0 aliphatic rings. The quantitative estimate of drug-likeness (QED) is 0.668. The van der Waals surface area contributed by atoms with Gasteiger partial charge in [-0.25, -0.2) is 0 Å². The number of nitrogens with zero attached hydrogens (tertiary/aromatic N) is 1. The molecule has 0 spiro atoms. The zero-order valence-electron chi connectivity index (χ0n) is 13.4. The summed E-state index contributed by atoms with van der Waals surface area (Å²) in [6.45, 7) is 1.51. The maximum atomic E-state index is 12.5. The highest BCUT2D eigenvalue weighted by molar-refractivity contribution is 6.42. The monoisotopic (exact) mass is 363 g/mol. The maximum Gasteiger partial charge on any atom is 0.246 e. The van der Waals surface area contributed by atoms with Crippen LogP contribution in [0, 0.1) is 0 Å². The van der Waals surface area contributed by atoms with Gasteiger partial charge >= 0.3 is 0 Å². The van der Waals surface area contributed by atoms with Crippen LogP contribution in [0.4, 0.5) is 0 Å².